The van der Waals surface area contributed by atoms with Gasteiger partial charge in [-0.25, -0.2) is 8.42 Å². The molecule has 1 unspecified atom stereocenters. The molecule has 0 saturated carbocycles. The zero-order valence-electron chi connectivity index (χ0n) is 13.9. The van der Waals surface area contributed by atoms with Gasteiger partial charge in [0.1, 0.15) is 10.6 Å². The third-order valence-electron chi connectivity index (χ3n) is 5.06. The van der Waals surface area contributed by atoms with Gasteiger partial charge >= 0.3 is 0 Å². The molecule has 0 aliphatic carbocycles. The van der Waals surface area contributed by atoms with Gasteiger partial charge in [0.2, 0.25) is 10.0 Å². The molecule has 0 bridgehead atoms. The Kier molecular flexibility index (Phi) is 4.37. The molecule has 1 spiro atoms. The molecule has 0 amide bonds. The number of rotatable bonds is 4. The zero-order valence-corrected chi connectivity index (χ0v) is 14.7. The van der Waals surface area contributed by atoms with Crippen LogP contribution in [0.1, 0.15) is 26.7 Å². The first-order valence-corrected chi connectivity index (χ1v) is 9.43. The first-order chi connectivity index (χ1) is 10.9. The summed E-state index contributed by atoms with van der Waals surface area (Å²) in [7, 11) is -2.05. The van der Waals surface area contributed by atoms with Gasteiger partial charge in [-0.3, -0.25) is 4.98 Å². The van der Waals surface area contributed by atoms with Gasteiger partial charge in [0.05, 0.1) is 13.3 Å². The molecular weight excluding hydrogens is 316 g/mol. The molecule has 2 aliphatic rings. The van der Waals surface area contributed by atoms with E-state index in [0.717, 1.165) is 26.1 Å². The number of aromatic nitrogens is 1. The maximum Gasteiger partial charge on any atom is 0.245 e. The number of methoxy groups -OCH3 is 1. The predicted molar refractivity (Wildman–Crippen MR) is 85.8 cm³/mol. The maximum atomic E-state index is 13.0. The zero-order chi connectivity index (χ0) is 16.7. The van der Waals surface area contributed by atoms with Crippen LogP contribution < -0.4 is 4.74 Å². The summed E-state index contributed by atoms with van der Waals surface area (Å²) in [5.74, 6) is 0.712. The summed E-state index contributed by atoms with van der Waals surface area (Å²) in [5.41, 5.74) is 0.0613. The van der Waals surface area contributed by atoms with Gasteiger partial charge in [0.15, 0.2) is 0 Å². The molecule has 3 rings (SSSR count). The fraction of sp³-hybridized carbons (Fsp3) is 0.688. The van der Waals surface area contributed by atoms with Crippen molar-refractivity contribution in [1.29, 1.82) is 0 Å². The van der Waals surface area contributed by atoms with Crippen LogP contribution in [-0.2, 0) is 14.8 Å². The van der Waals surface area contributed by atoms with Crippen LogP contribution in [0.3, 0.4) is 0 Å². The molecule has 3 heterocycles. The standard InChI is InChI=1S/C16H24N2O4S/c1-12(2)15-16(4-6-22-7-5-16)11-18(15)23(19,20)14-8-13(21-3)9-17-10-14/h8-10,12,15H,4-7,11H2,1-3H3. The Morgan fingerprint density at radius 1 is 1.35 bits per heavy atom. The van der Waals surface area contributed by atoms with Gasteiger partial charge < -0.3 is 9.47 Å². The number of nitrogens with zero attached hydrogens (tertiary/aromatic N) is 2. The fourth-order valence-electron chi connectivity index (χ4n) is 3.99. The lowest BCUT2D eigenvalue weighted by Crippen LogP contribution is -2.69. The number of hydrogen-bond donors (Lipinski definition) is 0. The monoisotopic (exact) mass is 340 g/mol. The SMILES string of the molecule is COc1cncc(S(=O)(=O)N2CC3(CCOCC3)C2C(C)C)c1. The quantitative estimate of drug-likeness (QED) is 0.837. The van der Waals surface area contributed by atoms with Crippen LogP contribution in [0.5, 0.6) is 5.75 Å². The maximum absolute atomic E-state index is 13.0. The van der Waals surface area contributed by atoms with Crippen molar-refractivity contribution < 1.29 is 17.9 Å². The highest BCUT2D eigenvalue weighted by molar-refractivity contribution is 7.89. The third kappa shape index (κ3) is 2.75. The van der Waals surface area contributed by atoms with Crippen molar-refractivity contribution in [3.05, 3.63) is 18.5 Å². The highest BCUT2D eigenvalue weighted by Gasteiger charge is 2.58. The van der Waals surface area contributed by atoms with Crippen LogP contribution >= 0.6 is 0 Å². The number of ether oxygens (including phenoxy) is 2. The van der Waals surface area contributed by atoms with E-state index in [0.29, 0.717) is 12.3 Å². The molecule has 1 atom stereocenters. The summed E-state index contributed by atoms with van der Waals surface area (Å²) in [6, 6.07) is 1.55. The van der Waals surface area contributed by atoms with E-state index >= 15 is 0 Å². The Hall–Kier alpha value is -1.18. The molecule has 2 saturated heterocycles. The smallest absolute Gasteiger partial charge is 0.245 e. The van der Waals surface area contributed by atoms with Crippen LogP contribution in [0.25, 0.3) is 0 Å². The van der Waals surface area contributed by atoms with Crippen molar-refractivity contribution in [3.8, 4) is 5.75 Å². The molecule has 128 valence electrons. The van der Waals surface area contributed by atoms with Crippen LogP contribution in [0, 0.1) is 11.3 Å². The van der Waals surface area contributed by atoms with Gasteiger partial charge in [-0.15, -0.1) is 0 Å². The van der Waals surface area contributed by atoms with Crippen molar-refractivity contribution in [1.82, 2.24) is 9.29 Å². The molecular formula is C16H24N2O4S. The first kappa shape index (κ1) is 16.7. The molecule has 1 aromatic rings. The van der Waals surface area contributed by atoms with E-state index in [4.69, 9.17) is 9.47 Å². The van der Waals surface area contributed by atoms with Gasteiger partial charge in [-0.05, 0) is 18.8 Å². The van der Waals surface area contributed by atoms with Gasteiger partial charge in [-0.2, -0.15) is 4.31 Å². The molecule has 1 aromatic heterocycles. The second-order valence-corrected chi connectivity index (χ2v) is 8.66. The lowest BCUT2D eigenvalue weighted by atomic mass is 9.64. The summed E-state index contributed by atoms with van der Waals surface area (Å²) in [4.78, 5) is 4.18. The second kappa shape index (κ2) is 6.03. The predicted octanol–water partition coefficient (Wildman–Crippen LogP) is 1.92. The third-order valence-corrected chi connectivity index (χ3v) is 6.85. The van der Waals surface area contributed by atoms with Crippen LogP contribution in [0.2, 0.25) is 0 Å². The Morgan fingerprint density at radius 3 is 2.65 bits per heavy atom. The molecule has 2 aliphatic heterocycles. The van der Waals surface area contributed by atoms with Crippen molar-refractivity contribution in [3.63, 3.8) is 0 Å². The van der Waals surface area contributed by atoms with Crippen LogP contribution in [0.15, 0.2) is 23.4 Å². The molecule has 0 N–H and O–H groups in total. The number of sulfonamides is 1. The fourth-order valence-corrected chi connectivity index (χ4v) is 5.91. The highest BCUT2D eigenvalue weighted by atomic mass is 32.2. The Balaban J connectivity index is 1.91. The lowest BCUT2D eigenvalue weighted by molar-refractivity contribution is -0.109. The molecule has 7 heteroatoms. The van der Waals surface area contributed by atoms with E-state index in [-0.39, 0.29) is 22.3 Å². The van der Waals surface area contributed by atoms with Gasteiger partial charge in [0, 0.05) is 43.5 Å². The van der Waals surface area contributed by atoms with E-state index in [1.165, 1.54) is 25.6 Å². The summed E-state index contributed by atoms with van der Waals surface area (Å²) in [6.45, 7) is 6.19. The van der Waals surface area contributed by atoms with Crippen LogP contribution in [-0.4, -0.2) is 50.6 Å². The van der Waals surface area contributed by atoms with Crippen molar-refractivity contribution >= 4 is 10.0 Å². The van der Waals surface area contributed by atoms with E-state index in [1.807, 2.05) is 0 Å². The van der Waals surface area contributed by atoms with Crippen molar-refractivity contribution in [2.24, 2.45) is 11.3 Å². The molecule has 0 aromatic carbocycles. The van der Waals surface area contributed by atoms with E-state index in [1.54, 1.807) is 4.31 Å². The minimum Gasteiger partial charge on any atom is -0.495 e. The van der Waals surface area contributed by atoms with Crippen LogP contribution in [0.4, 0.5) is 0 Å². The lowest BCUT2D eigenvalue weighted by Gasteiger charge is -2.59. The largest absolute Gasteiger partial charge is 0.495 e. The Labute approximate surface area is 137 Å². The summed E-state index contributed by atoms with van der Waals surface area (Å²) < 4.78 is 38.3. The van der Waals surface area contributed by atoms with Crippen molar-refractivity contribution in [2.45, 2.75) is 37.6 Å². The average Bonchev–Trinajstić information content (AvgIpc) is 2.53. The average molecular weight is 340 g/mol. The van der Waals surface area contributed by atoms with Gasteiger partial charge in [-0.1, -0.05) is 13.8 Å². The normalized spacial score (nSPS) is 24.6. The minimum absolute atomic E-state index is 0.0163. The number of pyridine rings is 1. The Morgan fingerprint density at radius 2 is 2.04 bits per heavy atom. The number of hydrogen-bond acceptors (Lipinski definition) is 5. The molecule has 23 heavy (non-hydrogen) atoms. The van der Waals surface area contributed by atoms with Crippen molar-refractivity contribution in [2.75, 3.05) is 26.9 Å². The first-order valence-electron chi connectivity index (χ1n) is 7.99. The Bertz CT molecular complexity index is 668. The van der Waals surface area contributed by atoms with E-state index < -0.39 is 10.0 Å². The summed E-state index contributed by atoms with van der Waals surface area (Å²) in [5, 5.41) is 0. The second-order valence-electron chi connectivity index (χ2n) is 6.77. The van der Waals surface area contributed by atoms with Gasteiger partial charge in [0.25, 0.3) is 0 Å². The molecule has 2 fully saturated rings. The summed E-state index contributed by atoms with van der Waals surface area (Å²) in [6.07, 6.45) is 4.76. The molecule has 0 radical (unpaired) electrons. The van der Waals surface area contributed by atoms with E-state index in [2.05, 4.69) is 18.8 Å². The summed E-state index contributed by atoms with van der Waals surface area (Å²) >= 11 is 0. The molecule has 6 nitrogen and oxygen atoms in total. The van der Waals surface area contributed by atoms with E-state index in [9.17, 15) is 8.42 Å². The topological polar surface area (TPSA) is 68.7 Å². The highest BCUT2D eigenvalue weighted by Crippen LogP contribution is 2.50. The minimum atomic E-state index is -3.55.